The third-order valence-electron chi connectivity index (χ3n) is 8.64. The number of para-hydroxylation sites is 1. The van der Waals surface area contributed by atoms with Crippen LogP contribution in [-0.4, -0.2) is 43.2 Å². The van der Waals surface area contributed by atoms with Crippen molar-refractivity contribution in [2.45, 2.75) is 58.1 Å². The first-order valence-electron chi connectivity index (χ1n) is 16.7. The van der Waals surface area contributed by atoms with Crippen LogP contribution in [0, 0.1) is 17.7 Å². The molecule has 4 aromatic carbocycles. The maximum Gasteiger partial charge on any atom is 0.511 e. The Hall–Kier alpha value is -4.51. The number of nitrogens with zero attached hydrogens (tertiary/aromatic N) is 1. The number of aliphatic carboxylic acids is 1. The molecule has 0 aliphatic heterocycles. The summed E-state index contributed by atoms with van der Waals surface area (Å²) in [4.78, 5) is 17.0. The van der Waals surface area contributed by atoms with E-state index in [0.717, 1.165) is 32.4 Å². The molecular formula is C41H42FNO5PSi+. The van der Waals surface area contributed by atoms with Gasteiger partial charge in [0.15, 0.2) is 6.61 Å². The second-order valence-corrected chi connectivity index (χ2v) is 19.1. The first-order valence-corrected chi connectivity index (χ1v) is 19.9. The highest BCUT2D eigenvalue weighted by molar-refractivity contribution is 7.39. The molecule has 9 heteroatoms. The average Bonchev–Trinajstić information content (AvgIpc) is 3.08. The van der Waals surface area contributed by atoms with E-state index in [4.69, 9.17) is 13.9 Å². The number of aromatic nitrogens is 1. The number of carbonyl (C=O) groups is 1. The van der Waals surface area contributed by atoms with Crippen LogP contribution >= 0.6 is 8.03 Å². The van der Waals surface area contributed by atoms with E-state index in [1.54, 1.807) is 12.1 Å². The van der Waals surface area contributed by atoms with Crippen molar-refractivity contribution in [2.75, 3.05) is 12.8 Å². The number of fused-ring (bicyclic) bond motifs is 1. The third kappa shape index (κ3) is 8.26. The smallest absolute Gasteiger partial charge is 0.481 e. The normalized spacial score (nSPS) is 12.7. The lowest BCUT2D eigenvalue weighted by Crippen LogP contribution is -2.68. The molecule has 5 rings (SSSR count). The molecular weight excluding hydrogens is 665 g/mol. The molecule has 6 nitrogen and oxygen atoms in total. The minimum atomic E-state index is -3.12. The lowest BCUT2D eigenvalue weighted by molar-refractivity contribution is -0.138. The molecule has 256 valence electrons. The largest absolute Gasteiger partial charge is 0.511 e. The second-order valence-electron chi connectivity index (χ2n) is 13.5. The molecule has 0 bridgehead atoms. The number of pyridine rings is 1. The van der Waals surface area contributed by atoms with Crippen molar-refractivity contribution in [3.05, 3.63) is 126 Å². The van der Waals surface area contributed by atoms with Crippen LogP contribution in [0.5, 0.6) is 0 Å². The summed E-state index contributed by atoms with van der Waals surface area (Å²) in [6.45, 7) is 10.3. The average molecular weight is 707 g/mol. The van der Waals surface area contributed by atoms with Gasteiger partial charge >= 0.3 is 14.0 Å². The molecule has 0 saturated carbocycles. The maximum atomic E-state index is 13.8. The molecule has 0 spiro atoms. The van der Waals surface area contributed by atoms with Gasteiger partial charge in [-0.2, -0.15) is 0 Å². The molecule has 0 aliphatic rings. The van der Waals surface area contributed by atoms with Crippen molar-refractivity contribution >= 4 is 43.6 Å². The summed E-state index contributed by atoms with van der Waals surface area (Å²) in [6.07, 6.45) is -1.32. The number of benzene rings is 4. The van der Waals surface area contributed by atoms with E-state index >= 15 is 0 Å². The molecule has 5 aromatic rings. The van der Waals surface area contributed by atoms with Crippen LogP contribution in [0.4, 0.5) is 4.39 Å². The maximum absolute atomic E-state index is 13.8. The summed E-state index contributed by atoms with van der Waals surface area (Å²) in [5.41, 5.74) is 3.87. The van der Waals surface area contributed by atoms with Gasteiger partial charge in [0.2, 0.25) is 6.16 Å². The van der Waals surface area contributed by atoms with Crippen LogP contribution in [0.15, 0.2) is 109 Å². The summed E-state index contributed by atoms with van der Waals surface area (Å²) in [5.74, 6) is 4.97. The first-order chi connectivity index (χ1) is 23.9. The molecule has 0 radical (unpaired) electrons. The minimum Gasteiger partial charge on any atom is -0.481 e. The minimum absolute atomic E-state index is 0.0966. The molecule has 0 aliphatic carbocycles. The molecule has 1 aromatic heterocycles. The highest BCUT2D eigenvalue weighted by atomic mass is 31.1. The zero-order valence-corrected chi connectivity index (χ0v) is 30.9. The predicted molar refractivity (Wildman–Crippen MR) is 201 cm³/mol. The Morgan fingerprint density at radius 2 is 1.48 bits per heavy atom. The predicted octanol–water partition coefficient (Wildman–Crippen LogP) is 8.69. The van der Waals surface area contributed by atoms with Crippen molar-refractivity contribution in [1.29, 1.82) is 0 Å². The summed E-state index contributed by atoms with van der Waals surface area (Å²) >= 11 is 0. The van der Waals surface area contributed by atoms with E-state index in [9.17, 15) is 18.9 Å². The van der Waals surface area contributed by atoms with Gasteiger partial charge in [0.05, 0.1) is 23.2 Å². The van der Waals surface area contributed by atoms with E-state index in [1.807, 2.05) is 84.9 Å². The van der Waals surface area contributed by atoms with E-state index < -0.39 is 33.5 Å². The molecule has 0 amide bonds. The third-order valence-corrected chi connectivity index (χ3v) is 14.9. The Morgan fingerprint density at radius 1 is 0.900 bits per heavy atom. The van der Waals surface area contributed by atoms with Crippen LogP contribution in [0.3, 0.4) is 0 Å². The van der Waals surface area contributed by atoms with E-state index in [-0.39, 0.29) is 30.9 Å². The zero-order chi connectivity index (χ0) is 35.9. The molecule has 0 fully saturated rings. The summed E-state index contributed by atoms with van der Waals surface area (Å²) in [5, 5.41) is 12.5. The standard InChI is InChI=1S/C41H41FNO5PSi/c1-29(2)39-35-19-12-13-21-37(35)43-40(30-22-24-31(42)25-23-30)36(39)20-14-26-47-49(46)28-32(27-38(44)45)48-50(41(3,4)5,33-15-8-6-9-16-33)34-17-10-7-11-18-34/h6-13,15-19,21-25,29,32H,26-28H2,1-5H3/p+1. The molecule has 2 unspecified atom stereocenters. The Kier molecular flexibility index (Phi) is 11.8. The topological polar surface area (TPSA) is 85.7 Å². The van der Waals surface area contributed by atoms with E-state index in [2.05, 4.69) is 46.5 Å². The van der Waals surface area contributed by atoms with E-state index in [0.29, 0.717) is 11.3 Å². The van der Waals surface area contributed by atoms with Gasteiger partial charge < -0.3 is 9.53 Å². The van der Waals surface area contributed by atoms with Gasteiger partial charge in [-0.15, -0.1) is 4.52 Å². The van der Waals surface area contributed by atoms with Crippen molar-refractivity contribution < 1.29 is 27.8 Å². The van der Waals surface area contributed by atoms with Crippen LogP contribution in [0.1, 0.15) is 58.1 Å². The highest BCUT2D eigenvalue weighted by Gasteiger charge is 2.52. The highest BCUT2D eigenvalue weighted by Crippen LogP contribution is 2.39. The molecule has 50 heavy (non-hydrogen) atoms. The fourth-order valence-electron chi connectivity index (χ4n) is 6.51. The van der Waals surface area contributed by atoms with Crippen LogP contribution in [-0.2, 0) is 18.3 Å². The monoisotopic (exact) mass is 706 g/mol. The quantitative estimate of drug-likeness (QED) is 0.0794. The lowest BCUT2D eigenvalue weighted by atomic mass is 9.90. The first kappa shape index (κ1) is 36.8. The number of hydrogen-bond donors (Lipinski definition) is 1. The van der Waals surface area contributed by atoms with Gasteiger partial charge in [0, 0.05) is 10.9 Å². The van der Waals surface area contributed by atoms with Gasteiger partial charge in [0.1, 0.15) is 11.9 Å². The second kappa shape index (κ2) is 16.0. The Morgan fingerprint density at radius 3 is 2.04 bits per heavy atom. The van der Waals surface area contributed by atoms with Crippen molar-refractivity contribution in [2.24, 2.45) is 0 Å². The Balaban J connectivity index is 1.44. The molecule has 1 N–H and O–H groups in total. The summed E-state index contributed by atoms with van der Waals surface area (Å²) in [6, 6.07) is 33.8. The zero-order valence-electron chi connectivity index (χ0n) is 29.0. The van der Waals surface area contributed by atoms with Crippen LogP contribution in [0.25, 0.3) is 22.2 Å². The lowest BCUT2D eigenvalue weighted by Gasteiger charge is -2.44. The van der Waals surface area contributed by atoms with Crippen LogP contribution < -0.4 is 10.4 Å². The van der Waals surface area contributed by atoms with Crippen LogP contribution in [0.2, 0.25) is 5.04 Å². The van der Waals surface area contributed by atoms with E-state index in [1.165, 1.54) is 12.1 Å². The number of halogens is 1. The Labute approximate surface area is 295 Å². The van der Waals surface area contributed by atoms with Gasteiger partial charge in [-0.1, -0.05) is 125 Å². The van der Waals surface area contributed by atoms with Gasteiger partial charge in [0.25, 0.3) is 8.32 Å². The van der Waals surface area contributed by atoms with Gasteiger partial charge in [-0.05, 0) is 61.8 Å². The number of rotatable bonds is 12. The van der Waals surface area contributed by atoms with Crippen molar-refractivity contribution in [1.82, 2.24) is 4.98 Å². The molecule has 0 saturated heterocycles. The SMILES string of the molecule is CC(C)c1c(C#CCO[P+](=O)CC(CC(=O)O)O[Si](c2ccccc2)(c2ccccc2)C(C)(C)C)c(-c2ccc(F)cc2)nc2ccccc12. The number of carboxylic acid groups (broad SMARTS) is 1. The van der Waals surface area contributed by atoms with Crippen molar-refractivity contribution in [3.8, 4) is 23.1 Å². The van der Waals surface area contributed by atoms with Gasteiger partial charge in [-0.25, -0.2) is 9.37 Å². The fraction of sp³-hybridized carbons (Fsp3) is 0.268. The van der Waals surface area contributed by atoms with Crippen molar-refractivity contribution in [3.63, 3.8) is 0 Å². The summed E-state index contributed by atoms with van der Waals surface area (Å²) < 4.78 is 40.1. The molecule has 2 atom stereocenters. The number of carboxylic acids is 1. The summed E-state index contributed by atoms with van der Waals surface area (Å²) in [7, 11) is -5.45. The number of hydrogen-bond acceptors (Lipinski definition) is 5. The fourth-order valence-corrected chi connectivity index (χ4v) is 12.2. The van der Waals surface area contributed by atoms with Gasteiger partial charge in [-0.3, -0.25) is 4.79 Å². The Bertz CT molecular complexity index is 1980. The molecule has 1 heterocycles.